The summed E-state index contributed by atoms with van der Waals surface area (Å²) in [4.78, 5) is 11.5. The highest BCUT2D eigenvalue weighted by molar-refractivity contribution is 6.01. The summed E-state index contributed by atoms with van der Waals surface area (Å²) < 4.78 is 50.1. The lowest BCUT2D eigenvalue weighted by Gasteiger charge is -2.16. The van der Waals surface area contributed by atoms with Crippen molar-refractivity contribution in [2.75, 3.05) is 0 Å². The minimum Gasteiger partial charge on any atom is -0.382 e. The molecule has 2 nitrogen and oxygen atoms in total. The summed E-state index contributed by atoms with van der Waals surface area (Å²) in [6.45, 7) is 2.29. The summed E-state index contributed by atoms with van der Waals surface area (Å²) in [6.07, 6.45) is -4.88. The van der Waals surface area contributed by atoms with E-state index in [0.717, 1.165) is 19.9 Å². The lowest BCUT2D eigenvalue weighted by Crippen LogP contribution is -2.31. The molecule has 0 aliphatic carbocycles. The lowest BCUT2D eigenvalue weighted by atomic mass is 9.95. The molecule has 0 unspecified atom stereocenters. The molecule has 0 aromatic heterocycles. The quantitative estimate of drug-likeness (QED) is 0.647. The van der Waals surface area contributed by atoms with Crippen LogP contribution < -0.4 is 0 Å². The van der Waals surface area contributed by atoms with Crippen molar-refractivity contribution in [3.05, 3.63) is 35.1 Å². The fourth-order valence-electron chi connectivity index (χ4n) is 1.24. The van der Waals surface area contributed by atoms with Crippen LogP contribution in [0, 0.1) is 5.82 Å². The van der Waals surface area contributed by atoms with Gasteiger partial charge in [0.25, 0.3) is 0 Å². The zero-order chi connectivity index (χ0) is 13.4. The molecule has 0 radical (unpaired) electrons. The third-order valence-electron chi connectivity index (χ3n) is 2.09. The zero-order valence-electron chi connectivity index (χ0n) is 9.10. The van der Waals surface area contributed by atoms with Gasteiger partial charge in [-0.2, -0.15) is 13.2 Å². The highest BCUT2D eigenvalue weighted by Gasteiger charge is 2.35. The Balaban J connectivity index is 3.28. The van der Waals surface area contributed by atoms with Crippen molar-refractivity contribution in [2.24, 2.45) is 0 Å². The number of Topliss-reactive ketones (excluding diaryl/α,β-unsaturated/α-hetero) is 1. The first-order valence-corrected chi connectivity index (χ1v) is 4.67. The topological polar surface area (TPSA) is 37.3 Å². The van der Waals surface area contributed by atoms with Crippen molar-refractivity contribution in [3.8, 4) is 0 Å². The highest BCUT2D eigenvalue weighted by Crippen LogP contribution is 2.32. The molecule has 0 bridgehead atoms. The number of halogens is 4. The molecule has 0 saturated heterocycles. The van der Waals surface area contributed by atoms with Gasteiger partial charge in [0, 0.05) is 5.56 Å². The van der Waals surface area contributed by atoms with Gasteiger partial charge in [-0.3, -0.25) is 4.79 Å². The normalized spacial score (nSPS) is 12.6. The number of hydrogen-bond acceptors (Lipinski definition) is 2. The van der Waals surface area contributed by atoms with Crippen molar-refractivity contribution >= 4 is 5.78 Å². The molecule has 94 valence electrons. The summed E-state index contributed by atoms with van der Waals surface area (Å²) in [5, 5.41) is 9.38. The summed E-state index contributed by atoms with van der Waals surface area (Å²) in [6, 6.07) is 1.86. The molecule has 1 N–H and O–H groups in total. The van der Waals surface area contributed by atoms with Crippen LogP contribution in [0.3, 0.4) is 0 Å². The molecule has 1 aromatic carbocycles. The van der Waals surface area contributed by atoms with Gasteiger partial charge >= 0.3 is 6.18 Å². The summed E-state index contributed by atoms with van der Waals surface area (Å²) in [5.74, 6) is -2.35. The smallest absolute Gasteiger partial charge is 0.382 e. The average molecular weight is 250 g/mol. The van der Waals surface area contributed by atoms with Crippen LogP contribution in [-0.4, -0.2) is 16.5 Å². The minimum atomic E-state index is -4.88. The van der Waals surface area contributed by atoms with Crippen LogP contribution in [0.25, 0.3) is 0 Å². The molecule has 1 rings (SSSR count). The Kier molecular flexibility index (Phi) is 3.29. The van der Waals surface area contributed by atoms with E-state index in [-0.39, 0.29) is 5.56 Å². The third-order valence-corrected chi connectivity index (χ3v) is 2.09. The molecule has 6 heteroatoms. The van der Waals surface area contributed by atoms with Gasteiger partial charge in [0.2, 0.25) is 0 Å². The molecule has 0 atom stereocenters. The number of carbonyl (C=O) groups excluding carboxylic acids is 1. The van der Waals surface area contributed by atoms with Gasteiger partial charge in [-0.25, -0.2) is 4.39 Å². The molecule has 0 fully saturated rings. The first-order chi connectivity index (χ1) is 7.53. The molecule has 0 aliphatic heterocycles. The van der Waals surface area contributed by atoms with Gasteiger partial charge in [-0.05, 0) is 32.0 Å². The average Bonchev–Trinajstić information content (AvgIpc) is 2.14. The van der Waals surface area contributed by atoms with Gasteiger partial charge in [0.15, 0.2) is 5.78 Å². The Morgan fingerprint density at radius 3 is 2.18 bits per heavy atom. The van der Waals surface area contributed by atoms with Crippen molar-refractivity contribution in [2.45, 2.75) is 25.6 Å². The predicted octanol–water partition coefficient (Wildman–Crippen LogP) is 2.80. The molecule has 0 aliphatic rings. The van der Waals surface area contributed by atoms with E-state index in [9.17, 15) is 27.5 Å². The van der Waals surface area contributed by atoms with Crippen molar-refractivity contribution < 1.29 is 27.5 Å². The van der Waals surface area contributed by atoms with E-state index < -0.39 is 28.9 Å². The summed E-state index contributed by atoms with van der Waals surface area (Å²) in [5.41, 5.74) is -3.71. The van der Waals surface area contributed by atoms with Crippen LogP contribution in [0.4, 0.5) is 17.6 Å². The Labute approximate surface area is 94.9 Å². The van der Waals surface area contributed by atoms with Crippen LogP contribution in [0.5, 0.6) is 0 Å². The van der Waals surface area contributed by atoms with Gasteiger partial charge in [0.1, 0.15) is 11.4 Å². The molecule has 1 aromatic rings. The Morgan fingerprint density at radius 2 is 1.76 bits per heavy atom. The fraction of sp³-hybridized carbons (Fsp3) is 0.364. The minimum absolute atomic E-state index is 0.383. The molecular formula is C11H10F4O2. The maximum absolute atomic E-state index is 12.9. The molecule has 0 spiro atoms. The first-order valence-electron chi connectivity index (χ1n) is 4.67. The second kappa shape index (κ2) is 4.10. The van der Waals surface area contributed by atoms with E-state index in [1.807, 2.05) is 0 Å². The van der Waals surface area contributed by atoms with Gasteiger partial charge < -0.3 is 5.11 Å². The molecule has 17 heavy (non-hydrogen) atoms. The number of aliphatic hydroxyl groups is 1. The van der Waals surface area contributed by atoms with Gasteiger partial charge in [-0.1, -0.05) is 0 Å². The van der Waals surface area contributed by atoms with E-state index >= 15 is 0 Å². The predicted molar refractivity (Wildman–Crippen MR) is 52.0 cm³/mol. The monoisotopic (exact) mass is 250 g/mol. The highest BCUT2D eigenvalue weighted by atomic mass is 19.4. The number of carbonyl (C=O) groups is 1. The summed E-state index contributed by atoms with van der Waals surface area (Å²) in [7, 11) is 0. The van der Waals surface area contributed by atoms with E-state index in [1.165, 1.54) is 0 Å². The van der Waals surface area contributed by atoms with Crippen LogP contribution in [0.2, 0.25) is 0 Å². The van der Waals surface area contributed by atoms with Crippen LogP contribution in [-0.2, 0) is 6.18 Å². The molecular weight excluding hydrogens is 240 g/mol. The summed E-state index contributed by atoms with van der Waals surface area (Å²) >= 11 is 0. The zero-order valence-corrected chi connectivity index (χ0v) is 9.10. The second-order valence-corrected chi connectivity index (χ2v) is 4.08. The van der Waals surface area contributed by atoms with Gasteiger partial charge in [0.05, 0.1) is 5.56 Å². The van der Waals surface area contributed by atoms with Crippen LogP contribution in [0.15, 0.2) is 18.2 Å². The number of alkyl halides is 3. The van der Waals surface area contributed by atoms with Crippen molar-refractivity contribution in [1.29, 1.82) is 0 Å². The third kappa shape index (κ3) is 3.03. The van der Waals surface area contributed by atoms with Crippen LogP contribution >= 0.6 is 0 Å². The van der Waals surface area contributed by atoms with Crippen molar-refractivity contribution in [3.63, 3.8) is 0 Å². The van der Waals surface area contributed by atoms with E-state index in [2.05, 4.69) is 0 Å². The fourth-order valence-corrected chi connectivity index (χ4v) is 1.24. The molecule has 0 heterocycles. The number of ketones is 1. The lowest BCUT2D eigenvalue weighted by molar-refractivity contribution is -0.140. The number of benzene rings is 1. The van der Waals surface area contributed by atoms with E-state index in [1.54, 1.807) is 0 Å². The standard InChI is InChI=1S/C11H10F4O2/c1-10(2,17)9(16)6-3-4-8(12)7(5-6)11(13,14)15/h3-5,17H,1-2H3. The van der Waals surface area contributed by atoms with Crippen LogP contribution in [0.1, 0.15) is 29.8 Å². The van der Waals surface area contributed by atoms with E-state index in [0.29, 0.717) is 12.1 Å². The Bertz CT molecular complexity index is 444. The Morgan fingerprint density at radius 1 is 1.24 bits per heavy atom. The molecule has 0 saturated carbocycles. The Hall–Kier alpha value is -1.43. The number of rotatable bonds is 2. The first kappa shape index (κ1) is 13.6. The maximum atomic E-state index is 12.9. The second-order valence-electron chi connectivity index (χ2n) is 4.08. The maximum Gasteiger partial charge on any atom is 0.419 e. The van der Waals surface area contributed by atoms with Gasteiger partial charge in [-0.15, -0.1) is 0 Å². The number of hydrogen-bond donors (Lipinski definition) is 1. The largest absolute Gasteiger partial charge is 0.419 e. The van der Waals surface area contributed by atoms with E-state index in [4.69, 9.17) is 0 Å². The SMILES string of the molecule is CC(C)(O)C(=O)c1ccc(F)c(C(F)(F)F)c1. The molecule has 0 amide bonds. The van der Waals surface area contributed by atoms with Crippen molar-refractivity contribution in [1.82, 2.24) is 0 Å².